The van der Waals surface area contributed by atoms with Crippen molar-refractivity contribution in [1.82, 2.24) is 10.2 Å². The van der Waals surface area contributed by atoms with Crippen LogP contribution in [0.5, 0.6) is 0 Å². The van der Waals surface area contributed by atoms with Gasteiger partial charge in [0.2, 0.25) is 5.91 Å². The molecular weight excluding hydrogens is 316 g/mol. The molecule has 0 aliphatic carbocycles. The van der Waals surface area contributed by atoms with Crippen LogP contribution in [0.4, 0.5) is 4.79 Å². The van der Waals surface area contributed by atoms with E-state index < -0.39 is 0 Å². The Hall–Kier alpha value is -1.89. The van der Waals surface area contributed by atoms with E-state index in [1.165, 1.54) is 18.4 Å². The van der Waals surface area contributed by atoms with Gasteiger partial charge in [-0.2, -0.15) is 0 Å². The fourth-order valence-corrected chi connectivity index (χ4v) is 3.40. The summed E-state index contributed by atoms with van der Waals surface area (Å²) in [5, 5.41) is 2.94. The van der Waals surface area contributed by atoms with Crippen molar-refractivity contribution in [2.45, 2.75) is 38.6 Å². The molecule has 0 unspecified atom stereocenters. The van der Waals surface area contributed by atoms with Gasteiger partial charge in [0.15, 0.2) is 5.78 Å². The van der Waals surface area contributed by atoms with Gasteiger partial charge in [-0.25, -0.2) is 4.79 Å². The van der Waals surface area contributed by atoms with Crippen LogP contribution < -0.4 is 5.32 Å². The molecule has 1 N–H and O–H groups in total. The van der Waals surface area contributed by atoms with Crippen molar-refractivity contribution in [3.8, 4) is 0 Å². The highest BCUT2D eigenvalue weighted by Gasteiger charge is 2.24. The lowest BCUT2D eigenvalue weighted by Crippen LogP contribution is -2.46. The van der Waals surface area contributed by atoms with Crippen molar-refractivity contribution in [3.63, 3.8) is 0 Å². The van der Waals surface area contributed by atoms with Crippen LogP contribution in [0, 0.1) is 6.92 Å². The first-order valence-electron chi connectivity index (χ1n) is 7.71. The molecule has 6 nitrogen and oxygen atoms in total. The fourth-order valence-electron chi connectivity index (χ4n) is 2.57. The largest absolute Gasteiger partial charge is 0.453 e. The minimum Gasteiger partial charge on any atom is -0.453 e. The summed E-state index contributed by atoms with van der Waals surface area (Å²) >= 11 is 1.46. The molecule has 23 heavy (non-hydrogen) atoms. The molecule has 0 atom stereocenters. The molecule has 2 heterocycles. The molecule has 0 saturated carbocycles. The first-order valence-corrected chi connectivity index (χ1v) is 8.53. The Morgan fingerprint density at radius 1 is 1.26 bits per heavy atom. The lowest BCUT2D eigenvalue weighted by molar-refractivity contribution is -0.122. The zero-order valence-corrected chi connectivity index (χ0v) is 14.3. The highest BCUT2D eigenvalue weighted by Crippen LogP contribution is 2.17. The molecule has 7 heteroatoms. The van der Waals surface area contributed by atoms with E-state index in [9.17, 15) is 14.4 Å². The number of likely N-dealkylation sites (tertiary alicyclic amines) is 1. The first kappa shape index (κ1) is 17.5. The molecule has 2 rings (SSSR count). The molecule has 1 fully saturated rings. The fraction of sp³-hybridized carbons (Fsp3) is 0.562. The normalized spacial score (nSPS) is 15.3. The van der Waals surface area contributed by atoms with E-state index in [1.807, 2.05) is 19.1 Å². The van der Waals surface area contributed by atoms with E-state index in [1.54, 1.807) is 4.90 Å². The number of ether oxygens (including phenoxy) is 1. The summed E-state index contributed by atoms with van der Waals surface area (Å²) in [6.07, 6.45) is 1.52. The summed E-state index contributed by atoms with van der Waals surface area (Å²) in [6.45, 7) is 3.10. The molecule has 1 aliphatic rings. The van der Waals surface area contributed by atoms with Crippen LogP contribution in [0.1, 0.15) is 40.2 Å². The molecule has 1 aliphatic heterocycles. The number of rotatable bonds is 5. The van der Waals surface area contributed by atoms with Gasteiger partial charge in [-0.05, 0) is 31.9 Å². The number of carbonyl (C=O) groups excluding carboxylic acids is 3. The van der Waals surface area contributed by atoms with E-state index in [-0.39, 0.29) is 36.7 Å². The van der Waals surface area contributed by atoms with Crippen LogP contribution in [0.2, 0.25) is 0 Å². The minimum atomic E-state index is -0.327. The van der Waals surface area contributed by atoms with Gasteiger partial charge in [0.1, 0.15) is 0 Å². The second-order valence-electron chi connectivity index (χ2n) is 5.63. The summed E-state index contributed by atoms with van der Waals surface area (Å²) in [7, 11) is 1.36. The van der Waals surface area contributed by atoms with Crippen LogP contribution in [-0.2, 0) is 9.53 Å². The average molecular weight is 338 g/mol. The van der Waals surface area contributed by atoms with Gasteiger partial charge in [-0.1, -0.05) is 0 Å². The van der Waals surface area contributed by atoms with Gasteiger partial charge >= 0.3 is 6.09 Å². The molecule has 1 saturated heterocycles. The molecule has 1 aromatic rings. The van der Waals surface area contributed by atoms with Crippen LogP contribution >= 0.6 is 11.3 Å². The maximum atomic E-state index is 12.0. The Morgan fingerprint density at radius 2 is 1.96 bits per heavy atom. The number of nitrogens with one attached hydrogen (secondary N) is 1. The molecule has 0 spiro atoms. The monoisotopic (exact) mass is 338 g/mol. The van der Waals surface area contributed by atoms with Crippen molar-refractivity contribution in [2.75, 3.05) is 20.2 Å². The van der Waals surface area contributed by atoms with E-state index >= 15 is 0 Å². The third-order valence-corrected chi connectivity index (χ3v) is 4.93. The van der Waals surface area contributed by atoms with Crippen LogP contribution in [0.15, 0.2) is 12.1 Å². The highest BCUT2D eigenvalue weighted by molar-refractivity contribution is 7.14. The van der Waals surface area contributed by atoms with Crippen molar-refractivity contribution in [1.29, 1.82) is 0 Å². The number of ketones is 1. The number of aryl methyl sites for hydroxylation is 1. The van der Waals surface area contributed by atoms with Crippen molar-refractivity contribution >= 4 is 29.1 Å². The standard InChI is InChI=1S/C16H22N2O4S/c1-11-3-5-14(23-11)13(19)4-6-15(20)17-12-7-9-18(10-8-12)16(21)22-2/h3,5,12H,4,6-10H2,1-2H3,(H,17,20). The molecule has 0 radical (unpaired) electrons. The summed E-state index contributed by atoms with van der Waals surface area (Å²) in [6, 6.07) is 3.78. The van der Waals surface area contributed by atoms with Gasteiger partial charge < -0.3 is 15.0 Å². The van der Waals surface area contributed by atoms with Gasteiger partial charge in [0.05, 0.1) is 12.0 Å². The third kappa shape index (κ3) is 5.06. The summed E-state index contributed by atoms with van der Waals surface area (Å²) in [5.74, 6) is -0.0955. The Labute approximate surface area is 139 Å². The number of methoxy groups -OCH3 is 1. The van der Waals surface area contributed by atoms with Crippen LogP contribution in [0.3, 0.4) is 0 Å². The van der Waals surface area contributed by atoms with E-state index in [0.29, 0.717) is 30.8 Å². The first-order chi connectivity index (χ1) is 11.0. The molecule has 126 valence electrons. The van der Waals surface area contributed by atoms with Crippen molar-refractivity contribution < 1.29 is 19.1 Å². The average Bonchev–Trinajstić information content (AvgIpc) is 2.99. The lowest BCUT2D eigenvalue weighted by Gasteiger charge is -2.31. The zero-order chi connectivity index (χ0) is 16.8. The van der Waals surface area contributed by atoms with Crippen LogP contribution in [0.25, 0.3) is 0 Å². The topological polar surface area (TPSA) is 75.7 Å². The number of hydrogen-bond acceptors (Lipinski definition) is 5. The molecule has 0 bridgehead atoms. The third-order valence-electron chi connectivity index (χ3n) is 3.89. The minimum absolute atomic E-state index is 0.0127. The molecule has 1 aromatic heterocycles. The molecular formula is C16H22N2O4S. The Kier molecular flexibility index (Phi) is 6.15. The number of piperidine rings is 1. The predicted octanol–water partition coefficient (Wildman–Crippen LogP) is 2.37. The number of amides is 2. The van der Waals surface area contributed by atoms with E-state index in [4.69, 9.17) is 0 Å². The Morgan fingerprint density at radius 3 is 2.52 bits per heavy atom. The second-order valence-corrected chi connectivity index (χ2v) is 6.92. The number of carbonyl (C=O) groups is 3. The van der Waals surface area contributed by atoms with E-state index in [0.717, 1.165) is 4.88 Å². The van der Waals surface area contributed by atoms with Crippen LogP contribution in [-0.4, -0.2) is 48.9 Å². The predicted molar refractivity (Wildman–Crippen MR) is 87.8 cm³/mol. The highest BCUT2D eigenvalue weighted by atomic mass is 32.1. The summed E-state index contributed by atoms with van der Waals surface area (Å²) < 4.78 is 4.68. The molecule has 2 amide bonds. The smallest absolute Gasteiger partial charge is 0.409 e. The summed E-state index contributed by atoms with van der Waals surface area (Å²) in [5.41, 5.74) is 0. The van der Waals surface area contributed by atoms with Gasteiger partial charge in [-0.3, -0.25) is 9.59 Å². The number of nitrogens with zero attached hydrogens (tertiary/aromatic N) is 1. The number of thiophene rings is 1. The molecule has 0 aromatic carbocycles. The number of Topliss-reactive ketones (excluding diaryl/α,β-unsaturated/α-hetero) is 1. The van der Waals surface area contributed by atoms with Gasteiger partial charge in [0, 0.05) is 36.9 Å². The SMILES string of the molecule is COC(=O)N1CCC(NC(=O)CCC(=O)c2ccc(C)s2)CC1. The maximum absolute atomic E-state index is 12.0. The van der Waals surface area contributed by atoms with E-state index in [2.05, 4.69) is 10.1 Å². The second kappa shape index (κ2) is 8.10. The van der Waals surface area contributed by atoms with Crippen molar-refractivity contribution in [2.24, 2.45) is 0 Å². The Bertz CT molecular complexity index is 576. The van der Waals surface area contributed by atoms with Crippen molar-refractivity contribution in [3.05, 3.63) is 21.9 Å². The van der Waals surface area contributed by atoms with Gasteiger partial charge in [0.25, 0.3) is 0 Å². The quantitative estimate of drug-likeness (QED) is 0.836. The maximum Gasteiger partial charge on any atom is 0.409 e. The summed E-state index contributed by atoms with van der Waals surface area (Å²) in [4.78, 5) is 38.8. The van der Waals surface area contributed by atoms with Gasteiger partial charge in [-0.15, -0.1) is 11.3 Å². The lowest BCUT2D eigenvalue weighted by atomic mass is 10.0. The number of hydrogen-bond donors (Lipinski definition) is 1. The Balaban J connectivity index is 1.69. The zero-order valence-electron chi connectivity index (χ0n) is 13.5.